The second-order valence-corrected chi connectivity index (χ2v) is 10.4. The van der Waals surface area contributed by atoms with E-state index in [1.54, 1.807) is 24.3 Å². The van der Waals surface area contributed by atoms with Gasteiger partial charge in [0.25, 0.3) is 10.2 Å². The van der Waals surface area contributed by atoms with Crippen LogP contribution in [0.5, 0.6) is 0 Å². The molecule has 0 radical (unpaired) electrons. The lowest BCUT2D eigenvalue weighted by Crippen LogP contribution is -2.44. The number of hydrogen-bond acceptors (Lipinski definition) is 7. The fraction of sp³-hybridized carbons (Fsp3) is 0.261. The Hall–Kier alpha value is -3.03. The van der Waals surface area contributed by atoms with Crippen molar-refractivity contribution in [2.45, 2.75) is 31.9 Å². The Kier molecular flexibility index (Phi) is 10.2. The third kappa shape index (κ3) is 9.55. The standard InChI is InChI=1S/C23H26ClN5O5S2/c24-18-10-6-7-16(13-18)14-34-23(31)28-19(11-4-5-12-26-36(25,32)33)21(30)29-22-27-20(15-35-22)17-8-2-1-3-9-17/h1-3,6-10,13,15,19,26H,4-5,11-12,14H2,(H,28,31)(H2,25,32,33)(H,27,29,30)/t19-/m0/s1. The van der Waals surface area contributed by atoms with Crippen LogP contribution in [0.15, 0.2) is 60.0 Å². The van der Waals surface area contributed by atoms with Gasteiger partial charge in [0, 0.05) is 22.5 Å². The number of carbonyl (C=O) groups excluding carboxylic acids is 2. The Labute approximate surface area is 218 Å². The van der Waals surface area contributed by atoms with Crippen LogP contribution in [0.2, 0.25) is 5.02 Å². The minimum Gasteiger partial charge on any atom is -0.445 e. The van der Waals surface area contributed by atoms with Gasteiger partial charge in [-0.2, -0.15) is 8.42 Å². The van der Waals surface area contributed by atoms with Crippen LogP contribution in [-0.2, 0) is 26.3 Å². The number of benzene rings is 2. The zero-order valence-corrected chi connectivity index (χ0v) is 21.5. The number of alkyl carbamates (subject to hydrolysis) is 1. The molecule has 3 rings (SSSR count). The Morgan fingerprint density at radius 2 is 1.89 bits per heavy atom. The smallest absolute Gasteiger partial charge is 0.408 e. The van der Waals surface area contributed by atoms with Gasteiger partial charge in [0.05, 0.1) is 5.69 Å². The summed E-state index contributed by atoms with van der Waals surface area (Å²) in [6.45, 7) is 0.0885. The fourth-order valence-corrected chi connectivity index (χ4v) is 4.55. The van der Waals surface area contributed by atoms with Crippen LogP contribution < -0.4 is 20.5 Å². The first kappa shape index (κ1) is 27.6. The largest absolute Gasteiger partial charge is 0.445 e. The fourth-order valence-electron chi connectivity index (χ4n) is 3.18. The van der Waals surface area contributed by atoms with Crippen molar-refractivity contribution in [2.75, 3.05) is 11.9 Å². The van der Waals surface area contributed by atoms with Gasteiger partial charge in [-0.25, -0.2) is 19.6 Å². The highest BCUT2D eigenvalue weighted by Gasteiger charge is 2.22. The minimum absolute atomic E-state index is 0.0219. The molecule has 1 heterocycles. The summed E-state index contributed by atoms with van der Waals surface area (Å²) < 4.78 is 29.5. The van der Waals surface area contributed by atoms with E-state index in [9.17, 15) is 18.0 Å². The quantitative estimate of drug-likeness (QED) is 0.252. The number of amides is 2. The van der Waals surface area contributed by atoms with Crippen molar-refractivity contribution in [1.29, 1.82) is 0 Å². The number of unbranched alkanes of at least 4 members (excludes halogenated alkanes) is 1. The summed E-state index contributed by atoms with van der Waals surface area (Å²) in [5, 5.41) is 13.0. The SMILES string of the molecule is NS(=O)(=O)NCCCC[C@H](NC(=O)OCc1cccc(Cl)c1)C(=O)Nc1nc(-c2ccccc2)cs1. The number of nitrogens with one attached hydrogen (secondary N) is 3. The van der Waals surface area contributed by atoms with E-state index in [0.717, 1.165) is 11.3 Å². The Morgan fingerprint density at radius 1 is 1.11 bits per heavy atom. The van der Waals surface area contributed by atoms with E-state index in [-0.39, 0.29) is 19.6 Å². The van der Waals surface area contributed by atoms with Crippen LogP contribution in [0.3, 0.4) is 0 Å². The second-order valence-electron chi connectivity index (χ2n) is 7.73. The molecule has 0 aliphatic rings. The van der Waals surface area contributed by atoms with Crippen molar-refractivity contribution >= 4 is 50.3 Å². The molecular formula is C23H26ClN5O5S2. The number of halogens is 1. The molecule has 2 amide bonds. The molecule has 0 aliphatic carbocycles. The summed E-state index contributed by atoms with van der Waals surface area (Å²) in [5.74, 6) is -0.469. The Morgan fingerprint density at radius 3 is 2.61 bits per heavy atom. The summed E-state index contributed by atoms with van der Waals surface area (Å²) in [5.41, 5.74) is 2.33. The van der Waals surface area contributed by atoms with Crippen molar-refractivity contribution in [3.8, 4) is 11.3 Å². The summed E-state index contributed by atoms with van der Waals surface area (Å²) >= 11 is 7.21. The molecule has 0 bridgehead atoms. The van der Waals surface area contributed by atoms with E-state index in [0.29, 0.717) is 28.6 Å². The molecule has 36 heavy (non-hydrogen) atoms. The number of carbonyl (C=O) groups is 2. The van der Waals surface area contributed by atoms with Crippen LogP contribution in [0.25, 0.3) is 11.3 Å². The third-order valence-corrected chi connectivity index (χ3v) is 6.49. The molecule has 0 fully saturated rings. The van der Waals surface area contributed by atoms with Gasteiger partial charge in [0.2, 0.25) is 5.91 Å². The van der Waals surface area contributed by atoms with E-state index in [1.165, 1.54) is 11.3 Å². The highest BCUT2D eigenvalue weighted by molar-refractivity contribution is 7.87. The van der Waals surface area contributed by atoms with Gasteiger partial charge < -0.3 is 15.4 Å². The zero-order chi connectivity index (χ0) is 26.0. The van der Waals surface area contributed by atoms with Crippen molar-refractivity contribution < 1.29 is 22.7 Å². The van der Waals surface area contributed by atoms with Gasteiger partial charge in [-0.05, 0) is 37.0 Å². The highest BCUT2D eigenvalue weighted by Crippen LogP contribution is 2.24. The maximum atomic E-state index is 13.0. The molecule has 0 saturated carbocycles. The lowest BCUT2D eigenvalue weighted by molar-refractivity contribution is -0.118. The number of nitrogens with zero attached hydrogens (tertiary/aromatic N) is 1. The van der Waals surface area contributed by atoms with E-state index < -0.39 is 28.3 Å². The summed E-state index contributed by atoms with van der Waals surface area (Å²) in [7, 11) is -3.79. The third-order valence-electron chi connectivity index (χ3n) is 4.89. The van der Waals surface area contributed by atoms with Crippen LogP contribution >= 0.6 is 22.9 Å². The van der Waals surface area contributed by atoms with Crippen LogP contribution in [0, 0.1) is 0 Å². The maximum Gasteiger partial charge on any atom is 0.408 e. The molecule has 0 aliphatic heterocycles. The van der Waals surface area contributed by atoms with Gasteiger partial charge in [0.15, 0.2) is 5.13 Å². The average molecular weight is 552 g/mol. The first-order valence-electron chi connectivity index (χ1n) is 11.0. The number of ether oxygens (including phenoxy) is 1. The second kappa shape index (κ2) is 13.3. The number of aromatic nitrogens is 1. The molecule has 5 N–H and O–H groups in total. The van der Waals surface area contributed by atoms with E-state index >= 15 is 0 Å². The number of nitrogens with two attached hydrogens (primary N) is 1. The molecule has 0 spiro atoms. The number of thiazole rings is 1. The van der Waals surface area contributed by atoms with Crippen molar-refractivity contribution in [3.63, 3.8) is 0 Å². The van der Waals surface area contributed by atoms with Gasteiger partial charge in [-0.15, -0.1) is 11.3 Å². The molecule has 1 atom stereocenters. The highest BCUT2D eigenvalue weighted by atomic mass is 35.5. The van der Waals surface area contributed by atoms with Gasteiger partial charge in [0.1, 0.15) is 12.6 Å². The van der Waals surface area contributed by atoms with E-state index in [1.807, 2.05) is 35.7 Å². The topological polar surface area (TPSA) is 153 Å². The predicted octanol–water partition coefficient (Wildman–Crippen LogP) is 3.66. The number of hydrogen-bond donors (Lipinski definition) is 4. The minimum atomic E-state index is -3.79. The molecule has 192 valence electrons. The number of anilines is 1. The van der Waals surface area contributed by atoms with Crippen LogP contribution in [-0.4, -0.2) is 38.0 Å². The van der Waals surface area contributed by atoms with Gasteiger partial charge >= 0.3 is 6.09 Å². The Balaban J connectivity index is 1.59. The molecule has 1 aromatic heterocycles. The van der Waals surface area contributed by atoms with Gasteiger partial charge in [-0.3, -0.25) is 4.79 Å². The van der Waals surface area contributed by atoms with Crippen molar-refractivity contribution in [1.82, 2.24) is 15.0 Å². The molecule has 13 heteroatoms. The average Bonchev–Trinajstić information content (AvgIpc) is 3.30. The molecule has 0 saturated heterocycles. The summed E-state index contributed by atoms with van der Waals surface area (Å²) in [4.78, 5) is 29.8. The first-order valence-corrected chi connectivity index (χ1v) is 13.8. The maximum absolute atomic E-state index is 13.0. The number of rotatable bonds is 12. The molecule has 10 nitrogen and oxygen atoms in total. The molecule has 3 aromatic rings. The monoisotopic (exact) mass is 551 g/mol. The predicted molar refractivity (Wildman–Crippen MR) is 140 cm³/mol. The first-order chi connectivity index (χ1) is 17.2. The molecule has 2 aromatic carbocycles. The molecular weight excluding hydrogens is 526 g/mol. The van der Waals surface area contributed by atoms with E-state index in [2.05, 4.69) is 20.3 Å². The normalized spacial score (nSPS) is 12.1. The van der Waals surface area contributed by atoms with Crippen molar-refractivity contribution in [3.05, 3.63) is 70.6 Å². The van der Waals surface area contributed by atoms with Crippen molar-refractivity contribution in [2.24, 2.45) is 5.14 Å². The van der Waals surface area contributed by atoms with Crippen LogP contribution in [0.4, 0.5) is 9.93 Å². The van der Waals surface area contributed by atoms with Gasteiger partial charge in [-0.1, -0.05) is 54.1 Å². The summed E-state index contributed by atoms with van der Waals surface area (Å²) in [6.07, 6.45) is 0.306. The Bertz CT molecular complexity index is 1270. The zero-order valence-electron chi connectivity index (χ0n) is 19.1. The lowest BCUT2D eigenvalue weighted by atomic mass is 10.1. The summed E-state index contributed by atoms with van der Waals surface area (Å²) in [6, 6.07) is 15.5. The molecule has 0 unspecified atom stereocenters. The van der Waals surface area contributed by atoms with E-state index in [4.69, 9.17) is 21.5 Å². The van der Waals surface area contributed by atoms with Crippen LogP contribution in [0.1, 0.15) is 24.8 Å². The lowest BCUT2D eigenvalue weighted by Gasteiger charge is -2.18.